The SMILES string of the molecule is CC1OCCC1(CN)N1CCC(C(C)(C)C)C1. The first kappa shape index (κ1) is 13.3. The second-order valence-corrected chi connectivity index (χ2v) is 6.87. The fraction of sp³-hybridized carbons (Fsp3) is 1.00. The predicted octanol–water partition coefficient (Wildman–Crippen LogP) is 1.86. The topological polar surface area (TPSA) is 38.5 Å². The normalized spacial score (nSPS) is 40.1. The zero-order valence-corrected chi connectivity index (χ0v) is 11.8. The molecule has 3 nitrogen and oxygen atoms in total. The summed E-state index contributed by atoms with van der Waals surface area (Å²) in [5.41, 5.74) is 6.59. The molecule has 2 heterocycles. The lowest BCUT2D eigenvalue weighted by atomic mass is 9.80. The first-order valence-electron chi connectivity index (χ1n) is 6.97. The van der Waals surface area contributed by atoms with Crippen LogP contribution >= 0.6 is 0 Å². The smallest absolute Gasteiger partial charge is 0.0743 e. The highest BCUT2D eigenvalue weighted by molar-refractivity contribution is 5.03. The Hall–Kier alpha value is -0.120. The summed E-state index contributed by atoms with van der Waals surface area (Å²) in [5, 5.41) is 0. The Balaban J connectivity index is 2.09. The summed E-state index contributed by atoms with van der Waals surface area (Å²) < 4.78 is 5.77. The maximum absolute atomic E-state index is 6.07. The average Bonchev–Trinajstić information content (AvgIpc) is 2.83. The van der Waals surface area contributed by atoms with Gasteiger partial charge in [0, 0.05) is 19.7 Å². The second-order valence-electron chi connectivity index (χ2n) is 6.87. The van der Waals surface area contributed by atoms with Crippen LogP contribution in [0.2, 0.25) is 0 Å². The summed E-state index contributed by atoms with van der Waals surface area (Å²) in [7, 11) is 0. The molecule has 0 aliphatic carbocycles. The van der Waals surface area contributed by atoms with Crippen molar-refractivity contribution >= 4 is 0 Å². The molecule has 0 radical (unpaired) electrons. The molecule has 3 unspecified atom stereocenters. The van der Waals surface area contributed by atoms with Gasteiger partial charge in [0.05, 0.1) is 11.6 Å². The Morgan fingerprint density at radius 3 is 2.53 bits per heavy atom. The summed E-state index contributed by atoms with van der Waals surface area (Å²) in [5.74, 6) is 0.790. The van der Waals surface area contributed by atoms with E-state index in [9.17, 15) is 0 Å². The van der Waals surface area contributed by atoms with E-state index in [1.807, 2.05) is 0 Å². The molecule has 0 aromatic rings. The highest BCUT2D eigenvalue weighted by Crippen LogP contribution is 2.40. The van der Waals surface area contributed by atoms with Gasteiger partial charge in [-0.2, -0.15) is 0 Å². The fourth-order valence-corrected chi connectivity index (χ4v) is 3.45. The van der Waals surface area contributed by atoms with E-state index in [4.69, 9.17) is 10.5 Å². The number of nitrogens with zero attached hydrogens (tertiary/aromatic N) is 1. The Kier molecular flexibility index (Phi) is 3.54. The average molecular weight is 240 g/mol. The van der Waals surface area contributed by atoms with Gasteiger partial charge >= 0.3 is 0 Å². The number of rotatable bonds is 2. The summed E-state index contributed by atoms with van der Waals surface area (Å²) in [6.07, 6.45) is 2.69. The van der Waals surface area contributed by atoms with Crippen LogP contribution in [-0.4, -0.2) is 42.8 Å². The van der Waals surface area contributed by atoms with E-state index >= 15 is 0 Å². The number of hydrogen-bond donors (Lipinski definition) is 1. The van der Waals surface area contributed by atoms with Crippen LogP contribution in [0.4, 0.5) is 0 Å². The molecule has 17 heavy (non-hydrogen) atoms. The quantitative estimate of drug-likeness (QED) is 0.800. The first-order valence-corrected chi connectivity index (χ1v) is 6.97. The van der Waals surface area contributed by atoms with Crippen LogP contribution < -0.4 is 5.73 Å². The van der Waals surface area contributed by atoms with Crippen LogP contribution in [0.5, 0.6) is 0 Å². The summed E-state index contributed by atoms with van der Waals surface area (Å²) in [6, 6.07) is 0. The lowest BCUT2D eigenvalue weighted by molar-refractivity contribution is 0.0222. The van der Waals surface area contributed by atoms with Crippen LogP contribution in [0.25, 0.3) is 0 Å². The minimum absolute atomic E-state index is 0.111. The molecule has 0 amide bonds. The van der Waals surface area contributed by atoms with Gasteiger partial charge in [-0.05, 0) is 37.6 Å². The number of nitrogens with two attached hydrogens (primary N) is 1. The van der Waals surface area contributed by atoms with Crippen molar-refractivity contribution in [3.63, 3.8) is 0 Å². The molecule has 0 saturated carbocycles. The molecule has 2 aliphatic rings. The van der Waals surface area contributed by atoms with Crippen molar-refractivity contribution in [3.8, 4) is 0 Å². The molecule has 100 valence electrons. The maximum atomic E-state index is 6.07. The van der Waals surface area contributed by atoms with Gasteiger partial charge in [0.25, 0.3) is 0 Å². The van der Waals surface area contributed by atoms with Crippen molar-refractivity contribution in [2.75, 3.05) is 26.2 Å². The lowest BCUT2D eigenvalue weighted by Gasteiger charge is -2.41. The van der Waals surface area contributed by atoms with Gasteiger partial charge in [-0.3, -0.25) is 4.90 Å². The van der Waals surface area contributed by atoms with Gasteiger partial charge in [-0.1, -0.05) is 20.8 Å². The second kappa shape index (κ2) is 4.52. The van der Waals surface area contributed by atoms with E-state index in [-0.39, 0.29) is 11.6 Å². The number of ether oxygens (including phenoxy) is 1. The van der Waals surface area contributed by atoms with Crippen molar-refractivity contribution in [1.82, 2.24) is 4.90 Å². The number of likely N-dealkylation sites (tertiary alicyclic amines) is 1. The molecule has 2 aliphatic heterocycles. The van der Waals surface area contributed by atoms with Gasteiger partial charge in [0.1, 0.15) is 0 Å². The molecular weight excluding hydrogens is 212 g/mol. The zero-order chi connectivity index (χ0) is 12.7. The monoisotopic (exact) mass is 240 g/mol. The molecule has 2 rings (SSSR count). The van der Waals surface area contributed by atoms with E-state index in [0.29, 0.717) is 5.41 Å². The van der Waals surface area contributed by atoms with E-state index in [0.717, 1.165) is 25.5 Å². The van der Waals surface area contributed by atoms with E-state index in [1.54, 1.807) is 0 Å². The van der Waals surface area contributed by atoms with Crippen molar-refractivity contribution in [2.24, 2.45) is 17.1 Å². The minimum atomic E-state index is 0.111. The largest absolute Gasteiger partial charge is 0.376 e. The highest BCUT2D eigenvalue weighted by atomic mass is 16.5. The van der Waals surface area contributed by atoms with Gasteiger partial charge in [0.2, 0.25) is 0 Å². The Labute approximate surface area is 106 Å². The van der Waals surface area contributed by atoms with Gasteiger partial charge < -0.3 is 10.5 Å². The summed E-state index contributed by atoms with van der Waals surface area (Å²) in [4.78, 5) is 2.61. The van der Waals surface area contributed by atoms with Crippen molar-refractivity contribution in [1.29, 1.82) is 0 Å². The molecular formula is C14H28N2O. The van der Waals surface area contributed by atoms with Crippen molar-refractivity contribution in [2.45, 2.75) is 52.2 Å². The van der Waals surface area contributed by atoms with Crippen molar-refractivity contribution in [3.05, 3.63) is 0 Å². The maximum Gasteiger partial charge on any atom is 0.0743 e. The Morgan fingerprint density at radius 2 is 2.12 bits per heavy atom. The molecule has 0 spiro atoms. The molecule has 0 aromatic carbocycles. The molecule has 2 saturated heterocycles. The van der Waals surface area contributed by atoms with E-state index < -0.39 is 0 Å². The third-order valence-corrected chi connectivity index (χ3v) is 5.06. The third kappa shape index (κ3) is 2.25. The van der Waals surface area contributed by atoms with Crippen LogP contribution in [0, 0.1) is 11.3 Å². The van der Waals surface area contributed by atoms with Crippen LogP contribution in [0.15, 0.2) is 0 Å². The predicted molar refractivity (Wildman–Crippen MR) is 71.0 cm³/mol. The van der Waals surface area contributed by atoms with Gasteiger partial charge in [-0.15, -0.1) is 0 Å². The summed E-state index contributed by atoms with van der Waals surface area (Å²) >= 11 is 0. The van der Waals surface area contributed by atoms with E-state index in [1.165, 1.54) is 19.5 Å². The van der Waals surface area contributed by atoms with Crippen LogP contribution in [0.3, 0.4) is 0 Å². The Bertz CT molecular complexity index is 274. The van der Waals surface area contributed by atoms with Crippen LogP contribution in [-0.2, 0) is 4.74 Å². The van der Waals surface area contributed by atoms with Gasteiger partial charge in [0.15, 0.2) is 0 Å². The summed E-state index contributed by atoms with van der Waals surface area (Å²) in [6.45, 7) is 13.2. The highest BCUT2D eigenvalue weighted by Gasteiger charge is 2.48. The molecule has 0 bridgehead atoms. The van der Waals surface area contributed by atoms with Crippen LogP contribution in [0.1, 0.15) is 40.5 Å². The zero-order valence-electron chi connectivity index (χ0n) is 11.8. The molecule has 2 fully saturated rings. The fourth-order valence-electron chi connectivity index (χ4n) is 3.45. The standard InChI is InChI=1S/C14H28N2O/c1-11-14(10-15,6-8-17-11)16-7-5-12(9-16)13(2,3)4/h11-12H,5-10,15H2,1-4H3. The minimum Gasteiger partial charge on any atom is -0.376 e. The molecule has 3 heteroatoms. The Morgan fingerprint density at radius 1 is 1.41 bits per heavy atom. The lowest BCUT2D eigenvalue weighted by Crippen LogP contribution is -2.57. The van der Waals surface area contributed by atoms with Gasteiger partial charge in [-0.25, -0.2) is 0 Å². The first-order chi connectivity index (χ1) is 7.90. The molecule has 2 N–H and O–H groups in total. The molecule has 0 aromatic heterocycles. The number of hydrogen-bond acceptors (Lipinski definition) is 3. The van der Waals surface area contributed by atoms with Crippen molar-refractivity contribution < 1.29 is 4.74 Å². The molecule has 3 atom stereocenters. The third-order valence-electron chi connectivity index (χ3n) is 5.06. The van der Waals surface area contributed by atoms with E-state index in [2.05, 4.69) is 32.6 Å².